The Morgan fingerprint density at radius 1 is 1.43 bits per heavy atom. The van der Waals surface area contributed by atoms with Crippen molar-refractivity contribution in [1.29, 1.82) is 0 Å². The first kappa shape index (κ1) is 13.9. The van der Waals surface area contributed by atoms with Crippen molar-refractivity contribution >= 4 is 9.76 Å². The Kier molecular flexibility index (Phi) is 7.21. The fraction of sp³-hybridized carbons (Fsp3) is 1.00. The van der Waals surface area contributed by atoms with Crippen molar-refractivity contribution in [2.75, 3.05) is 6.54 Å². The molecule has 0 saturated carbocycles. The summed E-state index contributed by atoms with van der Waals surface area (Å²) in [6.45, 7) is 2.33. The first-order chi connectivity index (χ1) is 6.45. The molecular formula is C8H18F3NOSi. The number of alkyl halides is 3. The van der Waals surface area contributed by atoms with E-state index < -0.39 is 22.4 Å². The van der Waals surface area contributed by atoms with Crippen LogP contribution in [0.2, 0.25) is 6.04 Å². The highest BCUT2D eigenvalue weighted by atomic mass is 28.2. The van der Waals surface area contributed by atoms with Crippen LogP contribution in [0.1, 0.15) is 26.2 Å². The minimum Gasteiger partial charge on any atom is -0.421 e. The van der Waals surface area contributed by atoms with Gasteiger partial charge in [0, 0.05) is 12.5 Å². The highest BCUT2D eigenvalue weighted by Gasteiger charge is 2.27. The minimum absolute atomic E-state index is 0.0686. The molecule has 14 heavy (non-hydrogen) atoms. The zero-order valence-electron chi connectivity index (χ0n) is 8.44. The van der Waals surface area contributed by atoms with E-state index in [2.05, 4.69) is 0 Å². The van der Waals surface area contributed by atoms with Crippen LogP contribution in [-0.2, 0) is 4.43 Å². The van der Waals surface area contributed by atoms with Crippen LogP contribution in [-0.4, -0.2) is 28.6 Å². The maximum Gasteiger partial charge on any atom is 0.389 e. The van der Waals surface area contributed by atoms with Crippen LogP contribution in [0.15, 0.2) is 0 Å². The molecular weight excluding hydrogens is 211 g/mol. The molecule has 1 unspecified atom stereocenters. The lowest BCUT2D eigenvalue weighted by Gasteiger charge is -2.14. The molecule has 0 fully saturated rings. The molecule has 0 aromatic heterocycles. The lowest BCUT2D eigenvalue weighted by atomic mass is 10.2. The molecule has 0 heterocycles. The van der Waals surface area contributed by atoms with Gasteiger partial charge < -0.3 is 10.2 Å². The first-order valence-electron chi connectivity index (χ1n) is 4.84. The first-order valence-corrected chi connectivity index (χ1v) is 6.42. The van der Waals surface area contributed by atoms with Crippen LogP contribution in [0.5, 0.6) is 0 Å². The molecule has 0 radical (unpaired) electrons. The van der Waals surface area contributed by atoms with Crippen molar-refractivity contribution < 1.29 is 17.6 Å². The monoisotopic (exact) mass is 229 g/mol. The van der Waals surface area contributed by atoms with Gasteiger partial charge in [-0.2, -0.15) is 13.2 Å². The summed E-state index contributed by atoms with van der Waals surface area (Å²) in [6.07, 6.45) is -4.09. The summed E-state index contributed by atoms with van der Waals surface area (Å²) < 4.78 is 40.7. The maximum absolute atomic E-state index is 11.8. The van der Waals surface area contributed by atoms with Crippen LogP contribution in [0, 0.1) is 0 Å². The lowest BCUT2D eigenvalue weighted by Crippen LogP contribution is -2.17. The summed E-state index contributed by atoms with van der Waals surface area (Å²) in [7, 11) is -0.659. The fourth-order valence-electron chi connectivity index (χ4n) is 0.981. The number of nitrogens with two attached hydrogens (primary N) is 1. The van der Waals surface area contributed by atoms with E-state index in [1.165, 1.54) is 0 Å². The van der Waals surface area contributed by atoms with E-state index in [-0.39, 0.29) is 12.5 Å². The van der Waals surface area contributed by atoms with Gasteiger partial charge in [0.1, 0.15) is 0 Å². The third-order valence-electron chi connectivity index (χ3n) is 1.84. The van der Waals surface area contributed by atoms with Gasteiger partial charge in [-0.3, -0.25) is 0 Å². The predicted molar refractivity (Wildman–Crippen MR) is 52.9 cm³/mol. The van der Waals surface area contributed by atoms with E-state index in [4.69, 9.17) is 10.2 Å². The molecule has 2 N–H and O–H groups in total. The third kappa shape index (κ3) is 10.0. The van der Waals surface area contributed by atoms with Gasteiger partial charge in [0.15, 0.2) is 9.76 Å². The number of halogens is 3. The van der Waals surface area contributed by atoms with Gasteiger partial charge in [0.2, 0.25) is 0 Å². The van der Waals surface area contributed by atoms with Crippen LogP contribution in [0.25, 0.3) is 0 Å². The third-order valence-corrected chi connectivity index (χ3v) is 3.43. The molecule has 0 aliphatic heterocycles. The summed E-state index contributed by atoms with van der Waals surface area (Å²) in [5, 5.41) is 0. The smallest absolute Gasteiger partial charge is 0.389 e. The van der Waals surface area contributed by atoms with E-state index >= 15 is 0 Å². The highest BCUT2D eigenvalue weighted by molar-refractivity contribution is 6.27. The molecule has 0 bridgehead atoms. The normalized spacial score (nSPS) is 15.2. The summed E-state index contributed by atoms with van der Waals surface area (Å²) >= 11 is 0. The minimum atomic E-state index is -4.06. The molecule has 0 amide bonds. The quantitative estimate of drug-likeness (QED) is 0.531. The van der Waals surface area contributed by atoms with Crippen LogP contribution < -0.4 is 5.73 Å². The van der Waals surface area contributed by atoms with Crippen LogP contribution in [0.3, 0.4) is 0 Å². The average Bonchev–Trinajstić information content (AvgIpc) is 2.08. The molecule has 0 aliphatic rings. The van der Waals surface area contributed by atoms with Gasteiger partial charge in [0.05, 0.1) is 0 Å². The fourth-order valence-corrected chi connectivity index (χ4v) is 2.21. The van der Waals surface area contributed by atoms with Crippen molar-refractivity contribution in [2.45, 2.75) is 44.5 Å². The van der Waals surface area contributed by atoms with Gasteiger partial charge >= 0.3 is 6.18 Å². The van der Waals surface area contributed by atoms with Gasteiger partial charge in [-0.1, -0.05) is 0 Å². The largest absolute Gasteiger partial charge is 0.421 e. The molecule has 0 rings (SSSR count). The molecule has 0 aromatic rings. The van der Waals surface area contributed by atoms with E-state index in [1.807, 2.05) is 0 Å². The summed E-state index contributed by atoms with van der Waals surface area (Å²) in [5.74, 6) is 0. The molecule has 0 aromatic carbocycles. The van der Waals surface area contributed by atoms with E-state index in [1.54, 1.807) is 6.92 Å². The topological polar surface area (TPSA) is 35.2 Å². The van der Waals surface area contributed by atoms with Crippen molar-refractivity contribution in [3.63, 3.8) is 0 Å². The SMILES string of the molecule is CC(CCC(F)(F)F)O[SiH2]CCCN. The Balaban J connectivity index is 3.32. The van der Waals surface area contributed by atoms with E-state index in [0.717, 1.165) is 12.5 Å². The predicted octanol–water partition coefficient (Wildman–Crippen LogP) is 1.58. The molecule has 6 heteroatoms. The molecule has 0 saturated heterocycles. The van der Waals surface area contributed by atoms with Crippen molar-refractivity contribution in [1.82, 2.24) is 0 Å². The second-order valence-corrected chi connectivity index (χ2v) is 4.78. The average molecular weight is 229 g/mol. The molecule has 0 aliphatic carbocycles. The van der Waals surface area contributed by atoms with Crippen LogP contribution >= 0.6 is 0 Å². The zero-order valence-corrected chi connectivity index (χ0v) is 9.85. The standard InChI is InChI=1S/C8H18F3NOSi/c1-7(3-4-8(9,10)11)13-14-6-2-5-12/h7H,2-6,12,14H2,1H3. The molecule has 2 nitrogen and oxygen atoms in total. The van der Waals surface area contributed by atoms with Crippen molar-refractivity contribution in [3.8, 4) is 0 Å². The maximum atomic E-state index is 11.8. The number of hydrogen-bond donors (Lipinski definition) is 1. The second-order valence-electron chi connectivity index (χ2n) is 3.33. The summed E-state index contributed by atoms with van der Waals surface area (Å²) in [6, 6.07) is 0.951. The van der Waals surface area contributed by atoms with Crippen molar-refractivity contribution in [3.05, 3.63) is 0 Å². The molecule has 86 valence electrons. The van der Waals surface area contributed by atoms with Gasteiger partial charge in [-0.25, -0.2) is 0 Å². The molecule has 1 atom stereocenters. The van der Waals surface area contributed by atoms with Crippen molar-refractivity contribution in [2.24, 2.45) is 5.73 Å². The number of hydrogen-bond acceptors (Lipinski definition) is 2. The summed E-state index contributed by atoms with van der Waals surface area (Å²) in [5.41, 5.74) is 5.28. The Morgan fingerprint density at radius 3 is 2.57 bits per heavy atom. The van der Waals surface area contributed by atoms with E-state index in [0.29, 0.717) is 6.54 Å². The second kappa shape index (κ2) is 7.25. The lowest BCUT2D eigenvalue weighted by molar-refractivity contribution is -0.138. The Bertz CT molecular complexity index is 143. The Morgan fingerprint density at radius 2 is 2.07 bits per heavy atom. The summed E-state index contributed by atoms with van der Waals surface area (Å²) in [4.78, 5) is 0. The zero-order chi connectivity index (χ0) is 11.0. The molecule has 0 spiro atoms. The van der Waals surface area contributed by atoms with Gasteiger partial charge in [0.25, 0.3) is 0 Å². The van der Waals surface area contributed by atoms with Crippen LogP contribution in [0.4, 0.5) is 13.2 Å². The number of rotatable bonds is 7. The Hall–Kier alpha value is -0.0731. The van der Waals surface area contributed by atoms with Gasteiger partial charge in [-0.15, -0.1) is 0 Å². The van der Waals surface area contributed by atoms with E-state index in [9.17, 15) is 13.2 Å². The Labute approximate surface area is 84.9 Å². The highest BCUT2D eigenvalue weighted by Crippen LogP contribution is 2.22. The van der Waals surface area contributed by atoms with Gasteiger partial charge in [-0.05, 0) is 32.4 Å².